The van der Waals surface area contributed by atoms with Gasteiger partial charge in [-0.2, -0.15) is 0 Å². The molecule has 0 aliphatic rings. The molecule has 0 saturated heterocycles. The lowest BCUT2D eigenvalue weighted by Gasteiger charge is -2.14. The third kappa shape index (κ3) is 5.00. The lowest BCUT2D eigenvalue weighted by atomic mass is 10.0. The molecule has 1 amide bonds. The highest BCUT2D eigenvalue weighted by Crippen LogP contribution is 2.14. The van der Waals surface area contributed by atoms with Gasteiger partial charge in [-0.1, -0.05) is 37.3 Å². The average Bonchev–Trinajstić information content (AvgIpc) is 2.36. The summed E-state index contributed by atoms with van der Waals surface area (Å²) in [6, 6.07) is 10.1. The highest BCUT2D eigenvalue weighted by atomic mass is 16.1. The van der Waals surface area contributed by atoms with Gasteiger partial charge in [-0.05, 0) is 25.3 Å². The van der Waals surface area contributed by atoms with E-state index in [-0.39, 0.29) is 18.0 Å². The second-order valence-electron chi connectivity index (χ2n) is 4.43. The van der Waals surface area contributed by atoms with E-state index in [1.165, 1.54) is 0 Å². The topological polar surface area (TPSA) is 55.1 Å². The minimum absolute atomic E-state index is 0.0566. The zero-order valence-electron chi connectivity index (χ0n) is 10.6. The fourth-order valence-corrected chi connectivity index (χ4v) is 1.60. The van der Waals surface area contributed by atoms with Gasteiger partial charge in [-0.3, -0.25) is 4.79 Å². The molecule has 2 unspecified atom stereocenters. The van der Waals surface area contributed by atoms with Crippen LogP contribution in [0.15, 0.2) is 30.3 Å². The van der Waals surface area contributed by atoms with Gasteiger partial charge in [-0.15, -0.1) is 0 Å². The van der Waals surface area contributed by atoms with Crippen molar-refractivity contribution >= 4 is 5.91 Å². The van der Waals surface area contributed by atoms with Crippen LogP contribution in [0.4, 0.5) is 0 Å². The highest BCUT2D eigenvalue weighted by molar-refractivity contribution is 5.76. The minimum Gasteiger partial charge on any atom is -0.354 e. The normalized spacial score (nSPS) is 14.1. The van der Waals surface area contributed by atoms with Crippen LogP contribution < -0.4 is 11.1 Å². The van der Waals surface area contributed by atoms with E-state index in [4.69, 9.17) is 5.73 Å². The highest BCUT2D eigenvalue weighted by Gasteiger charge is 2.10. The third-order valence-corrected chi connectivity index (χ3v) is 2.93. The van der Waals surface area contributed by atoms with Crippen molar-refractivity contribution in [1.29, 1.82) is 0 Å². The van der Waals surface area contributed by atoms with Gasteiger partial charge in [0.25, 0.3) is 0 Å². The zero-order valence-corrected chi connectivity index (χ0v) is 10.6. The van der Waals surface area contributed by atoms with Crippen molar-refractivity contribution in [3.8, 4) is 0 Å². The second-order valence-corrected chi connectivity index (χ2v) is 4.43. The number of benzene rings is 1. The van der Waals surface area contributed by atoms with Crippen molar-refractivity contribution in [1.82, 2.24) is 5.32 Å². The van der Waals surface area contributed by atoms with Crippen molar-refractivity contribution in [2.24, 2.45) is 5.73 Å². The summed E-state index contributed by atoms with van der Waals surface area (Å²) in [6.07, 6.45) is 2.13. The van der Waals surface area contributed by atoms with Crippen LogP contribution in [0.2, 0.25) is 0 Å². The van der Waals surface area contributed by atoms with Gasteiger partial charge < -0.3 is 11.1 Å². The standard InChI is InChI=1S/C14H22N2O/c1-3-11(2)16-14(17)10-9-13(15)12-7-5-4-6-8-12/h4-8,11,13H,3,9-10,15H2,1-2H3,(H,16,17). The molecule has 3 heteroatoms. The molecular formula is C14H22N2O. The summed E-state index contributed by atoms with van der Waals surface area (Å²) in [7, 11) is 0. The maximum Gasteiger partial charge on any atom is 0.220 e. The summed E-state index contributed by atoms with van der Waals surface area (Å²) in [6.45, 7) is 4.07. The Morgan fingerprint density at radius 3 is 2.59 bits per heavy atom. The average molecular weight is 234 g/mol. The van der Waals surface area contributed by atoms with Gasteiger partial charge in [0.05, 0.1) is 0 Å². The van der Waals surface area contributed by atoms with Crippen LogP contribution in [0.3, 0.4) is 0 Å². The molecular weight excluding hydrogens is 212 g/mol. The van der Waals surface area contributed by atoms with Crippen molar-refractivity contribution in [3.63, 3.8) is 0 Å². The molecule has 0 aromatic heterocycles. The number of carbonyl (C=O) groups excluding carboxylic acids is 1. The Morgan fingerprint density at radius 2 is 2.00 bits per heavy atom. The smallest absolute Gasteiger partial charge is 0.220 e. The molecule has 1 aromatic carbocycles. The number of amides is 1. The molecule has 0 fully saturated rings. The molecule has 2 atom stereocenters. The monoisotopic (exact) mass is 234 g/mol. The number of hydrogen-bond acceptors (Lipinski definition) is 2. The zero-order chi connectivity index (χ0) is 12.7. The van der Waals surface area contributed by atoms with E-state index in [1.807, 2.05) is 37.3 Å². The fraction of sp³-hybridized carbons (Fsp3) is 0.500. The van der Waals surface area contributed by atoms with Crippen LogP contribution in [0.1, 0.15) is 44.7 Å². The summed E-state index contributed by atoms with van der Waals surface area (Å²) < 4.78 is 0. The molecule has 0 spiro atoms. The Hall–Kier alpha value is -1.35. The quantitative estimate of drug-likeness (QED) is 0.794. The Bertz CT molecular complexity index is 337. The van der Waals surface area contributed by atoms with Gasteiger partial charge in [0, 0.05) is 18.5 Å². The van der Waals surface area contributed by atoms with E-state index in [9.17, 15) is 4.79 Å². The van der Waals surface area contributed by atoms with E-state index in [0.29, 0.717) is 12.8 Å². The molecule has 3 nitrogen and oxygen atoms in total. The summed E-state index contributed by atoms with van der Waals surface area (Å²) in [5.41, 5.74) is 7.11. The summed E-state index contributed by atoms with van der Waals surface area (Å²) in [5, 5.41) is 2.94. The number of carbonyl (C=O) groups is 1. The fourth-order valence-electron chi connectivity index (χ4n) is 1.60. The van der Waals surface area contributed by atoms with E-state index in [2.05, 4.69) is 12.2 Å². The summed E-state index contributed by atoms with van der Waals surface area (Å²) >= 11 is 0. The van der Waals surface area contributed by atoms with Crippen molar-refractivity contribution in [2.45, 2.75) is 45.2 Å². The molecule has 1 rings (SSSR count). The summed E-state index contributed by atoms with van der Waals surface area (Å²) in [5.74, 6) is 0.0886. The Kier molecular flexibility index (Phi) is 5.70. The van der Waals surface area contributed by atoms with Crippen LogP contribution in [0.5, 0.6) is 0 Å². The number of nitrogens with one attached hydrogen (secondary N) is 1. The van der Waals surface area contributed by atoms with E-state index < -0.39 is 0 Å². The Balaban J connectivity index is 2.33. The third-order valence-electron chi connectivity index (χ3n) is 2.93. The van der Waals surface area contributed by atoms with Gasteiger partial charge in [0.1, 0.15) is 0 Å². The molecule has 17 heavy (non-hydrogen) atoms. The van der Waals surface area contributed by atoms with Gasteiger partial charge >= 0.3 is 0 Å². The van der Waals surface area contributed by atoms with Crippen LogP contribution in [0, 0.1) is 0 Å². The first kappa shape index (κ1) is 13.7. The molecule has 0 saturated carbocycles. The maximum atomic E-state index is 11.6. The molecule has 0 bridgehead atoms. The SMILES string of the molecule is CCC(C)NC(=O)CCC(N)c1ccccc1. The van der Waals surface area contributed by atoms with E-state index in [0.717, 1.165) is 12.0 Å². The van der Waals surface area contributed by atoms with E-state index >= 15 is 0 Å². The van der Waals surface area contributed by atoms with Gasteiger partial charge in [0.2, 0.25) is 5.91 Å². The lowest BCUT2D eigenvalue weighted by molar-refractivity contribution is -0.121. The largest absolute Gasteiger partial charge is 0.354 e. The van der Waals surface area contributed by atoms with Gasteiger partial charge in [0.15, 0.2) is 0 Å². The predicted molar refractivity (Wildman–Crippen MR) is 70.5 cm³/mol. The van der Waals surface area contributed by atoms with Crippen molar-refractivity contribution < 1.29 is 4.79 Å². The van der Waals surface area contributed by atoms with Gasteiger partial charge in [-0.25, -0.2) is 0 Å². The number of nitrogens with two attached hydrogens (primary N) is 1. The van der Waals surface area contributed by atoms with Crippen molar-refractivity contribution in [3.05, 3.63) is 35.9 Å². The minimum atomic E-state index is -0.0566. The van der Waals surface area contributed by atoms with Crippen LogP contribution in [0.25, 0.3) is 0 Å². The molecule has 94 valence electrons. The first-order chi connectivity index (χ1) is 8.13. The number of hydrogen-bond donors (Lipinski definition) is 2. The summed E-state index contributed by atoms with van der Waals surface area (Å²) in [4.78, 5) is 11.6. The molecule has 0 radical (unpaired) electrons. The lowest BCUT2D eigenvalue weighted by Crippen LogP contribution is -2.32. The Labute approximate surface area is 103 Å². The first-order valence-corrected chi connectivity index (χ1v) is 6.23. The second kappa shape index (κ2) is 7.07. The van der Waals surface area contributed by atoms with E-state index in [1.54, 1.807) is 0 Å². The molecule has 3 N–H and O–H groups in total. The molecule has 0 aliphatic carbocycles. The predicted octanol–water partition coefficient (Wildman–Crippen LogP) is 2.38. The molecule has 1 aromatic rings. The van der Waals surface area contributed by atoms with Crippen LogP contribution in [-0.2, 0) is 4.79 Å². The number of rotatable bonds is 6. The van der Waals surface area contributed by atoms with Crippen molar-refractivity contribution in [2.75, 3.05) is 0 Å². The first-order valence-electron chi connectivity index (χ1n) is 6.23. The molecule has 0 heterocycles. The maximum absolute atomic E-state index is 11.6. The van der Waals surface area contributed by atoms with Crippen LogP contribution in [-0.4, -0.2) is 11.9 Å². The Morgan fingerprint density at radius 1 is 1.35 bits per heavy atom. The molecule has 0 aliphatic heterocycles. The van der Waals surface area contributed by atoms with Crippen LogP contribution >= 0.6 is 0 Å².